The summed E-state index contributed by atoms with van der Waals surface area (Å²) in [5, 5.41) is 0.494. The molecule has 0 N–H and O–H groups in total. The molecule has 5 nitrogen and oxygen atoms in total. The number of morpholine rings is 1. The second kappa shape index (κ2) is 9.07. The monoisotopic (exact) mass is 380 g/mol. The number of carbonyl (C=O) groups is 1. The lowest BCUT2D eigenvalue weighted by atomic mass is 9.89. The van der Waals surface area contributed by atoms with Crippen molar-refractivity contribution in [2.75, 3.05) is 46.0 Å². The molecule has 0 aliphatic carbocycles. The molecule has 2 aliphatic heterocycles. The first-order valence-corrected chi connectivity index (χ1v) is 10.0. The second-order valence-corrected chi connectivity index (χ2v) is 7.50. The van der Waals surface area contributed by atoms with E-state index in [2.05, 4.69) is 11.8 Å². The van der Waals surface area contributed by atoms with Crippen LogP contribution in [-0.2, 0) is 4.74 Å². The molecule has 2 saturated heterocycles. The SMILES string of the molecule is CCOc1ccc(C(=O)N2CCC([C@H](C)N3CCOCC3)CC2)cc1Cl. The van der Waals surface area contributed by atoms with Gasteiger partial charge in [0.05, 0.1) is 24.8 Å². The van der Waals surface area contributed by atoms with Gasteiger partial charge in [-0.3, -0.25) is 9.69 Å². The van der Waals surface area contributed by atoms with Crippen molar-refractivity contribution in [3.05, 3.63) is 28.8 Å². The third kappa shape index (κ3) is 4.51. The predicted octanol–water partition coefficient (Wildman–Crippen LogP) is 3.31. The summed E-state index contributed by atoms with van der Waals surface area (Å²) in [6.07, 6.45) is 2.10. The number of amides is 1. The van der Waals surface area contributed by atoms with Gasteiger partial charge in [-0.25, -0.2) is 0 Å². The minimum atomic E-state index is 0.0624. The maximum absolute atomic E-state index is 12.8. The van der Waals surface area contributed by atoms with Crippen molar-refractivity contribution < 1.29 is 14.3 Å². The number of halogens is 1. The van der Waals surface area contributed by atoms with E-state index in [-0.39, 0.29) is 5.91 Å². The van der Waals surface area contributed by atoms with Crippen molar-refractivity contribution >= 4 is 17.5 Å². The molecule has 1 aromatic rings. The van der Waals surface area contributed by atoms with Crippen LogP contribution in [0.4, 0.5) is 0 Å². The summed E-state index contributed by atoms with van der Waals surface area (Å²) in [5.41, 5.74) is 0.637. The van der Waals surface area contributed by atoms with E-state index in [0.29, 0.717) is 34.9 Å². The van der Waals surface area contributed by atoms with Crippen molar-refractivity contribution in [3.63, 3.8) is 0 Å². The van der Waals surface area contributed by atoms with Gasteiger partial charge in [-0.2, -0.15) is 0 Å². The van der Waals surface area contributed by atoms with Crippen molar-refractivity contribution in [1.29, 1.82) is 0 Å². The summed E-state index contributed by atoms with van der Waals surface area (Å²) in [7, 11) is 0. The lowest BCUT2D eigenvalue weighted by Crippen LogP contribution is -2.49. The van der Waals surface area contributed by atoms with Crippen LogP contribution in [-0.4, -0.2) is 67.7 Å². The second-order valence-electron chi connectivity index (χ2n) is 7.10. The van der Waals surface area contributed by atoms with Gasteiger partial charge in [0.1, 0.15) is 5.75 Å². The molecular formula is C20H29ClN2O3. The summed E-state index contributed by atoms with van der Waals surface area (Å²) in [6, 6.07) is 5.86. The van der Waals surface area contributed by atoms with Gasteiger partial charge in [0, 0.05) is 37.8 Å². The fraction of sp³-hybridized carbons (Fsp3) is 0.650. The highest BCUT2D eigenvalue weighted by Crippen LogP contribution is 2.28. The number of carbonyl (C=O) groups excluding carboxylic acids is 1. The Morgan fingerprint density at radius 1 is 1.27 bits per heavy atom. The third-order valence-corrected chi connectivity index (χ3v) is 5.90. The predicted molar refractivity (Wildman–Crippen MR) is 103 cm³/mol. The lowest BCUT2D eigenvalue weighted by Gasteiger charge is -2.41. The average Bonchev–Trinajstić information content (AvgIpc) is 2.69. The quantitative estimate of drug-likeness (QED) is 0.785. The van der Waals surface area contributed by atoms with Crippen LogP contribution in [0.25, 0.3) is 0 Å². The van der Waals surface area contributed by atoms with Gasteiger partial charge in [0.2, 0.25) is 0 Å². The van der Waals surface area contributed by atoms with E-state index >= 15 is 0 Å². The molecule has 2 heterocycles. The van der Waals surface area contributed by atoms with Crippen LogP contribution in [0.1, 0.15) is 37.0 Å². The summed E-state index contributed by atoms with van der Waals surface area (Å²) >= 11 is 6.23. The van der Waals surface area contributed by atoms with E-state index in [4.69, 9.17) is 21.1 Å². The Kier molecular flexibility index (Phi) is 6.79. The van der Waals surface area contributed by atoms with E-state index in [1.165, 1.54) is 0 Å². The Hall–Kier alpha value is -1.30. The van der Waals surface area contributed by atoms with Gasteiger partial charge in [0.25, 0.3) is 5.91 Å². The maximum Gasteiger partial charge on any atom is 0.253 e. The van der Waals surface area contributed by atoms with E-state index in [0.717, 1.165) is 52.2 Å². The minimum Gasteiger partial charge on any atom is -0.492 e. The molecule has 0 bridgehead atoms. The van der Waals surface area contributed by atoms with Crippen molar-refractivity contribution in [1.82, 2.24) is 9.80 Å². The molecule has 6 heteroatoms. The smallest absolute Gasteiger partial charge is 0.253 e. The highest BCUT2D eigenvalue weighted by Gasteiger charge is 2.30. The van der Waals surface area contributed by atoms with E-state index in [1.807, 2.05) is 17.9 Å². The van der Waals surface area contributed by atoms with Gasteiger partial charge in [0.15, 0.2) is 0 Å². The van der Waals surface area contributed by atoms with E-state index < -0.39 is 0 Å². The fourth-order valence-corrected chi connectivity index (χ4v) is 4.19. The highest BCUT2D eigenvalue weighted by atomic mass is 35.5. The van der Waals surface area contributed by atoms with Crippen LogP contribution in [0, 0.1) is 5.92 Å². The summed E-state index contributed by atoms with van der Waals surface area (Å²) < 4.78 is 10.9. The molecule has 144 valence electrons. The van der Waals surface area contributed by atoms with Crippen molar-refractivity contribution in [2.45, 2.75) is 32.7 Å². The molecule has 0 unspecified atom stereocenters. The van der Waals surface area contributed by atoms with Gasteiger partial charge in [-0.1, -0.05) is 11.6 Å². The van der Waals surface area contributed by atoms with E-state index in [1.54, 1.807) is 12.1 Å². The van der Waals surface area contributed by atoms with Crippen LogP contribution in [0.5, 0.6) is 5.75 Å². The molecule has 1 atom stereocenters. The van der Waals surface area contributed by atoms with Crippen LogP contribution < -0.4 is 4.74 Å². The molecule has 0 radical (unpaired) electrons. The Bertz CT molecular complexity index is 611. The Morgan fingerprint density at radius 3 is 2.58 bits per heavy atom. The zero-order chi connectivity index (χ0) is 18.5. The van der Waals surface area contributed by atoms with Gasteiger partial charge in [-0.15, -0.1) is 0 Å². The summed E-state index contributed by atoms with van der Waals surface area (Å²) in [6.45, 7) is 10.1. The van der Waals surface area contributed by atoms with Gasteiger partial charge in [-0.05, 0) is 50.8 Å². The number of rotatable bonds is 5. The first-order chi connectivity index (χ1) is 12.6. The number of likely N-dealkylation sites (tertiary alicyclic amines) is 1. The minimum absolute atomic E-state index is 0.0624. The van der Waals surface area contributed by atoms with Crippen LogP contribution in [0.2, 0.25) is 5.02 Å². The molecule has 2 fully saturated rings. The fourth-order valence-electron chi connectivity index (χ4n) is 3.96. The maximum atomic E-state index is 12.8. The average molecular weight is 381 g/mol. The Morgan fingerprint density at radius 2 is 1.96 bits per heavy atom. The van der Waals surface area contributed by atoms with Crippen LogP contribution in [0.15, 0.2) is 18.2 Å². The first kappa shape index (κ1) is 19.5. The molecule has 2 aliphatic rings. The molecule has 0 aromatic heterocycles. The topological polar surface area (TPSA) is 42.0 Å². The summed E-state index contributed by atoms with van der Waals surface area (Å²) in [4.78, 5) is 17.3. The molecule has 0 saturated carbocycles. The normalized spacial score (nSPS) is 20.8. The van der Waals surface area contributed by atoms with Gasteiger partial charge < -0.3 is 14.4 Å². The zero-order valence-electron chi connectivity index (χ0n) is 15.7. The Balaban J connectivity index is 1.55. The van der Waals surface area contributed by atoms with Crippen LogP contribution in [0.3, 0.4) is 0 Å². The molecule has 26 heavy (non-hydrogen) atoms. The molecule has 0 spiro atoms. The third-order valence-electron chi connectivity index (χ3n) is 5.61. The number of nitrogens with zero attached hydrogens (tertiary/aromatic N) is 2. The molecule has 1 amide bonds. The highest BCUT2D eigenvalue weighted by molar-refractivity contribution is 6.32. The number of hydrogen-bond acceptors (Lipinski definition) is 4. The number of ether oxygens (including phenoxy) is 2. The van der Waals surface area contributed by atoms with E-state index in [9.17, 15) is 4.79 Å². The first-order valence-electron chi connectivity index (χ1n) is 9.63. The zero-order valence-corrected chi connectivity index (χ0v) is 16.5. The largest absolute Gasteiger partial charge is 0.492 e. The molecular weight excluding hydrogens is 352 g/mol. The Labute approximate surface area is 161 Å². The molecule has 3 rings (SSSR count). The number of benzene rings is 1. The van der Waals surface area contributed by atoms with Crippen LogP contribution >= 0.6 is 11.6 Å². The number of hydrogen-bond donors (Lipinski definition) is 0. The standard InChI is InChI=1S/C20H29ClN2O3/c1-3-26-19-5-4-17(14-18(19)21)20(24)23-8-6-16(7-9-23)15(2)22-10-12-25-13-11-22/h4-5,14-16H,3,6-13H2,1-2H3/t15-/m0/s1. The summed E-state index contributed by atoms with van der Waals surface area (Å²) in [5.74, 6) is 1.33. The number of piperidine rings is 1. The lowest BCUT2D eigenvalue weighted by molar-refractivity contribution is -0.000950. The van der Waals surface area contributed by atoms with Crippen molar-refractivity contribution in [3.8, 4) is 5.75 Å². The van der Waals surface area contributed by atoms with Crippen molar-refractivity contribution in [2.24, 2.45) is 5.92 Å². The molecule has 1 aromatic carbocycles. The van der Waals surface area contributed by atoms with Gasteiger partial charge >= 0.3 is 0 Å².